The monoisotopic (exact) mass is 692 g/mol. The predicted octanol–water partition coefficient (Wildman–Crippen LogP) is 8.14. The van der Waals surface area contributed by atoms with Gasteiger partial charge in [0, 0.05) is 24.8 Å². The minimum Gasteiger partial charge on any atom is -0.459 e. The van der Waals surface area contributed by atoms with E-state index in [0.29, 0.717) is 5.92 Å². The van der Waals surface area contributed by atoms with Crippen LogP contribution in [-0.2, 0) is 45.4 Å². The molecule has 50 heavy (non-hydrogen) atoms. The van der Waals surface area contributed by atoms with Crippen molar-refractivity contribution in [3.63, 3.8) is 0 Å². The number of hydrogen-bond donors (Lipinski definition) is 1. The van der Waals surface area contributed by atoms with Crippen LogP contribution in [0.1, 0.15) is 106 Å². The maximum atomic E-state index is 13.5. The van der Waals surface area contributed by atoms with E-state index in [4.69, 9.17) is 18.9 Å². The molecule has 0 radical (unpaired) electrons. The second kappa shape index (κ2) is 18.1. The predicted molar refractivity (Wildman–Crippen MR) is 195 cm³/mol. The van der Waals surface area contributed by atoms with Crippen LogP contribution in [0.15, 0.2) is 72.8 Å². The Balaban J connectivity index is 1.84. The molecule has 8 nitrogen and oxygen atoms in total. The molecule has 1 fully saturated rings. The van der Waals surface area contributed by atoms with E-state index >= 15 is 0 Å². The van der Waals surface area contributed by atoms with Gasteiger partial charge in [0.25, 0.3) is 0 Å². The molecule has 276 valence electrons. The van der Waals surface area contributed by atoms with Crippen molar-refractivity contribution in [2.75, 3.05) is 6.61 Å². The summed E-state index contributed by atoms with van der Waals surface area (Å²) in [4.78, 5) is 39.3. The molecule has 3 rings (SSSR count). The molecule has 1 aliphatic rings. The van der Waals surface area contributed by atoms with Crippen molar-refractivity contribution in [3.05, 3.63) is 83.9 Å². The molecule has 8 heteroatoms. The first-order chi connectivity index (χ1) is 23.4. The molecule has 0 aliphatic heterocycles. The third-order valence-corrected chi connectivity index (χ3v) is 9.52. The van der Waals surface area contributed by atoms with Gasteiger partial charge in [-0.25, -0.2) is 4.79 Å². The quantitative estimate of drug-likeness (QED) is 0.113. The summed E-state index contributed by atoms with van der Waals surface area (Å²) in [6, 6.07) is 20.0. The molecule has 0 aromatic heterocycles. The number of benzene rings is 2. The van der Waals surface area contributed by atoms with Crippen molar-refractivity contribution in [1.82, 2.24) is 0 Å². The second-order valence-corrected chi connectivity index (χ2v) is 16.5. The van der Waals surface area contributed by atoms with Gasteiger partial charge < -0.3 is 24.1 Å². The van der Waals surface area contributed by atoms with Gasteiger partial charge in [-0.1, -0.05) is 87.9 Å². The van der Waals surface area contributed by atoms with Gasteiger partial charge in [0.1, 0.15) is 18.3 Å². The molecule has 0 spiro atoms. The number of ether oxygens (including phenoxy) is 4. The normalized spacial score (nSPS) is 20.5. The highest BCUT2D eigenvalue weighted by atomic mass is 16.6. The number of aliphatic hydroxyl groups excluding tert-OH is 1. The summed E-state index contributed by atoms with van der Waals surface area (Å²) in [7, 11) is 0. The van der Waals surface area contributed by atoms with Gasteiger partial charge in [-0.2, -0.15) is 0 Å². The number of aliphatic hydroxyl groups is 1. The Kier molecular flexibility index (Phi) is 14.8. The third-order valence-electron chi connectivity index (χ3n) is 9.52. The topological polar surface area (TPSA) is 108 Å². The van der Waals surface area contributed by atoms with Gasteiger partial charge in [-0.15, -0.1) is 0 Å². The standard InChI is InChI=1S/C42H60O8/c1-29-20-22-35(42(8,9)31-18-14-11-15-19-31)36(24-29)50-37(44)23-21-32(48-38(45)40(2,3)4)25-33(47-28-30-16-12-10-13-17-30)26-34(27-43)49-39(46)41(5,6)7/h10-19,21,23,29,32-36,43H,20,22,24-28H2,1-9H3/b23-21+/t29-,32+,33-,34+,35-,36-/m1/s1. The highest BCUT2D eigenvalue weighted by molar-refractivity contribution is 5.82. The van der Waals surface area contributed by atoms with Gasteiger partial charge in [0.15, 0.2) is 0 Å². The molecule has 2 aromatic rings. The van der Waals surface area contributed by atoms with Crippen LogP contribution < -0.4 is 0 Å². The van der Waals surface area contributed by atoms with Crippen molar-refractivity contribution in [1.29, 1.82) is 0 Å². The molecule has 0 saturated heterocycles. The number of carbonyl (C=O) groups is 3. The van der Waals surface area contributed by atoms with E-state index < -0.39 is 53.7 Å². The van der Waals surface area contributed by atoms with Gasteiger partial charge in [0.05, 0.1) is 30.1 Å². The minimum atomic E-state index is -0.852. The lowest BCUT2D eigenvalue weighted by Crippen LogP contribution is -2.43. The highest BCUT2D eigenvalue weighted by Gasteiger charge is 2.42. The van der Waals surface area contributed by atoms with E-state index in [1.807, 2.05) is 48.5 Å². The lowest BCUT2D eigenvalue weighted by Gasteiger charge is -2.43. The van der Waals surface area contributed by atoms with Crippen molar-refractivity contribution in [3.8, 4) is 0 Å². The van der Waals surface area contributed by atoms with Crippen LogP contribution in [0.5, 0.6) is 0 Å². The van der Waals surface area contributed by atoms with Gasteiger partial charge in [-0.05, 0) is 82.9 Å². The molecule has 1 N–H and O–H groups in total. The van der Waals surface area contributed by atoms with Gasteiger partial charge in [-0.3, -0.25) is 9.59 Å². The van der Waals surface area contributed by atoms with Crippen LogP contribution in [0.2, 0.25) is 0 Å². The zero-order valence-electron chi connectivity index (χ0n) is 31.6. The molecule has 6 atom stereocenters. The van der Waals surface area contributed by atoms with E-state index in [9.17, 15) is 19.5 Å². The first kappa shape index (κ1) is 40.9. The average molecular weight is 693 g/mol. The zero-order chi connectivity index (χ0) is 37.1. The summed E-state index contributed by atoms with van der Waals surface area (Å²) in [6.07, 6.45) is 3.45. The molecular formula is C42H60O8. The Morgan fingerprint density at radius 3 is 1.96 bits per heavy atom. The van der Waals surface area contributed by atoms with Crippen LogP contribution in [0.3, 0.4) is 0 Å². The summed E-state index contributed by atoms with van der Waals surface area (Å²) in [5.74, 6) is -0.818. The molecule has 0 bridgehead atoms. The fourth-order valence-corrected chi connectivity index (χ4v) is 6.28. The maximum absolute atomic E-state index is 13.5. The summed E-state index contributed by atoms with van der Waals surface area (Å²) < 4.78 is 24.1. The van der Waals surface area contributed by atoms with Gasteiger partial charge >= 0.3 is 17.9 Å². The van der Waals surface area contributed by atoms with Crippen molar-refractivity contribution in [2.45, 2.75) is 131 Å². The Labute approximate surface area is 299 Å². The second-order valence-electron chi connectivity index (χ2n) is 16.5. The maximum Gasteiger partial charge on any atom is 0.330 e. The Bertz CT molecular complexity index is 1390. The first-order valence-electron chi connectivity index (χ1n) is 18.0. The highest BCUT2D eigenvalue weighted by Crippen LogP contribution is 2.43. The third kappa shape index (κ3) is 12.7. The molecule has 0 heterocycles. The lowest BCUT2D eigenvalue weighted by molar-refractivity contribution is -0.164. The number of rotatable bonds is 15. The molecule has 0 unspecified atom stereocenters. The molecule has 1 aliphatic carbocycles. The fraction of sp³-hybridized carbons (Fsp3) is 0.595. The number of hydrogen-bond acceptors (Lipinski definition) is 8. The minimum absolute atomic E-state index is 0.134. The fourth-order valence-electron chi connectivity index (χ4n) is 6.28. The summed E-state index contributed by atoms with van der Waals surface area (Å²) in [5, 5.41) is 10.2. The van der Waals surface area contributed by atoms with Crippen LogP contribution in [0.25, 0.3) is 0 Å². The van der Waals surface area contributed by atoms with Crippen molar-refractivity contribution >= 4 is 17.9 Å². The zero-order valence-corrected chi connectivity index (χ0v) is 31.6. The summed E-state index contributed by atoms with van der Waals surface area (Å²) >= 11 is 0. The van der Waals surface area contributed by atoms with E-state index in [0.717, 1.165) is 24.8 Å². The first-order valence-corrected chi connectivity index (χ1v) is 18.0. The Morgan fingerprint density at radius 2 is 1.38 bits per heavy atom. The Morgan fingerprint density at radius 1 is 0.800 bits per heavy atom. The number of carbonyl (C=O) groups excluding carboxylic acids is 3. The van der Waals surface area contributed by atoms with E-state index in [1.54, 1.807) is 47.6 Å². The van der Waals surface area contributed by atoms with Crippen LogP contribution in [0, 0.1) is 22.7 Å². The number of esters is 3. The lowest BCUT2D eigenvalue weighted by atomic mass is 9.64. The largest absolute Gasteiger partial charge is 0.459 e. The molecule has 0 amide bonds. The van der Waals surface area contributed by atoms with E-state index in [2.05, 4.69) is 32.9 Å². The average Bonchev–Trinajstić information content (AvgIpc) is 3.05. The van der Waals surface area contributed by atoms with Crippen LogP contribution >= 0.6 is 0 Å². The van der Waals surface area contributed by atoms with Crippen LogP contribution in [-0.4, -0.2) is 54.0 Å². The Hall–Kier alpha value is -3.49. The van der Waals surface area contributed by atoms with Crippen molar-refractivity contribution < 1.29 is 38.4 Å². The van der Waals surface area contributed by atoms with E-state index in [-0.39, 0.29) is 36.9 Å². The van der Waals surface area contributed by atoms with Crippen LogP contribution in [0.4, 0.5) is 0 Å². The van der Waals surface area contributed by atoms with Gasteiger partial charge in [0.2, 0.25) is 0 Å². The summed E-state index contributed by atoms with van der Waals surface area (Å²) in [5.41, 5.74) is 0.386. The SMILES string of the molecule is C[C@@H]1CC[C@@H](C(C)(C)c2ccccc2)[C@H](OC(=O)/C=C/[C@@H](C[C@H](C[C@@H](CO)OC(=O)C(C)(C)C)OCc2ccccc2)OC(=O)C(C)(C)C)C1. The molecule has 1 saturated carbocycles. The smallest absolute Gasteiger partial charge is 0.330 e. The van der Waals surface area contributed by atoms with E-state index in [1.165, 1.54) is 11.6 Å². The molecular weight excluding hydrogens is 632 g/mol. The molecule has 2 aromatic carbocycles. The van der Waals surface area contributed by atoms with Crippen molar-refractivity contribution in [2.24, 2.45) is 22.7 Å². The summed E-state index contributed by atoms with van der Waals surface area (Å²) in [6.45, 7) is 17.0.